The fourth-order valence-electron chi connectivity index (χ4n) is 3.23. The molecule has 0 spiro atoms. The molecule has 0 atom stereocenters. The molecule has 6 heteroatoms. The summed E-state index contributed by atoms with van der Waals surface area (Å²) in [5.74, 6) is 0.994. The van der Waals surface area contributed by atoms with E-state index in [4.69, 9.17) is 28.2 Å². The Hall–Kier alpha value is -2.04. The van der Waals surface area contributed by atoms with Gasteiger partial charge in [0.15, 0.2) is 0 Å². The highest BCUT2D eigenvalue weighted by Crippen LogP contribution is 2.28. The number of imidazole rings is 1. The first kappa shape index (κ1) is 19.7. The maximum atomic E-state index is 12.4. The number of nitrogens with zero attached hydrogens (tertiary/aromatic N) is 3. The third kappa shape index (κ3) is 4.45. The van der Waals surface area contributed by atoms with Crippen molar-refractivity contribution in [3.05, 3.63) is 63.9 Å². The second kappa shape index (κ2) is 8.77. The van der Waals surface area contributed by atoms with Crippen LogP contribution in [0.5, 0.6) is 0 Å². The lowest BCUT2D eigenvalue weighted by molar-refractivity contribution is -0.130. The average molecular weight is 404 g/mol. The zero-order valence-corrected chi connectivity index (χ0v) is 17.1. The van der Waals surface area contributed by atoms with Gasteiger partial charge in [0, 0.05) is 43.0 Å². The third-order valence-corrected chi connectivity index (χ3v) is 5.37. The molecule has 0 aliphatic heterocycles. The van der Waals surface area contributed by atoms with Gasteiger partial charge in [-0.1, -0.05) is 48.3 Å². The molecule has 2 aromatic carbocycles. The van der Waals surface area contributed by atoms with Gasteiger partial charge in [0.05, 0.1) is 11.0 Å². The smallest absolute Gasteiger partial charge is 0.224 e. The number of hydrogen-bond acceptors (Lipinski definition) is 2. The topological polar surface area (TPSA) is 38.1 Å². The van der Waals surface area contributed by atoms with Crippen molar-refractivity contribution in [2.45, 2.75) is 32.7 Å². The number of amides is 1. The molecule has 0 saturated carbocycles. The molecule has 1 amide bonds. The van der Waals surface area contributed by atoms with Gasteiger partial charge in [-0.05, 0) is 36.2 Å². The Morgan fingerprint density at radius 3 is 2.52 bits per heavy atom. The monoisotopic (exact) mass is 403 g/mol. The van der Waals surface area contributed by atoms with E-state index < -0.39 is 0 Å². The molecular weight excluding hydrogens is 381 g/mol. The van der Waals surface area contributed by atoms with E-state index in [-0.39, 0.29) is 5.91 Å². The summed E-state index contributed by atoms with van der Waals surface area (Å²) in [4.78, 5) is 18.9. The largest absolute Gasteiger partial charge is 0.346 e. The highest BCUT2D eigenvalue weighted by Gasteiger charge is 2.16. The van der Waals surface area contributed by atoms with Gasteiger partial charge in [0.1, 0.15) is 5.82 Å². The summed E-state index contributed by atoms with van der Waals surface area (Å²) < 4.78 is 2.10. The molecule has 0 radical (unpaired) electrons. The molecule has 0 fully saturated rings. The number of carbonyl (C=O) groups excluding carboxylic acids is 1. The van der Waals surface area contributed by atoms with E-state index in [1.807, 2.05) is 49.5 Å². The number of aryl methyl sites for hydroxylation is 1. The zero-order chi connectivity index (χ0) is 19.4. The molecule has 0 unspecified atom stereocenters. The van der Waals surface area contributed by atoms with Crippen LogP contribution in [-0.4, -0.2) is 34.0 Å². The number of hydrogen-bond donors (Lipinski definition) is 0. The SMILES string of the molecule is CCCN(C)C(=O)CCn1c(Cc2c(Cl)cccc2Cl)nc2ccccc21. The number of rotatable bonds is 7. The Labute approximate surface area is 169 Å². The van der Waals surface area contributed by atoms with Crippen LogP contribution in [-0.2, 0) is 17.8 Å². The molecule has 1 aromatic heterocycles. The van der Waals surface area contributed by atoms with Crippen molar-refractivity contribution in [2.24, 2.45) is 0 Å². The fraction of sp³-hybridized carbons (Fsp3) is 0.333. The van der Waals surface area contributed by atoms with Crippen molar-refractivity contribution >= 4 is 40.1 Å². The van der Waals surface area contributed by atoms with Crippen LogP contribution in [0.4, 0.5) is 0 Å². The van der Waals surface area contributed by atoms with E-state index in [0.29, 0.717) is 29.4 Å². The minimum absolute atomic E-state index is 0.136. The van der Waals surface area contributed by atoms with Gasteiger partial charge < -0.3 is 9.47 Å². The number of carbonyl (C=O) groups is 1. The van der Waals surface area contributed by atoms with Gasteiger partial charge in [-0.15, -0.1) is 0 Å². The average Bonchev–Trinajstić information content (AvgIpc) is 3.00. The van der Waals surface area contributed by atoms with Gasteiger partial charge in [0.25, 0.3) is 0 Å². The Morgan fingerprint density at radius 1 is 1.11 bits per heavy atom. The van der Waals surface area contributed by atoms with Crippen molar-refractivity contribution in [3.63, 3.8) is 0 Å². The summed E-state index contributed by atoms with van der Waals surface area (Å²) in [6.07, 6.45) is 1.90. The van der Waals surface area contributed by atoms with Crippen LogP contribution >= 0.6 is 23.2 Å². The lowest BCUT2D eigenvalue weighted by atomic mass is 10.1. The molecule has 27 heavy (non-hydrogen) atoms. The first-order valence-electron chi connectivity index (χ1n) is 9.12. The molecule has 142 valence electrons. The Bertz CT molecular complexity index is 931. The van der Waals surface area contributed by atoms with Crippen molar-refractivity contribution in [1.82, 2.24) is 14.5 Å². The lowest BCUT2D eigenvalue weighted by Gasteiger charge is -2.17. The predicted octanol–water partition coefficient (Wildman–Crippen LogP) is 5.19. The van der Waals surface area contributed by atoms with Crippen LogP contribution in [0.25, 0.3) is 11.0 Å². The minimum Gasteiger partial charge on any atom is -0.346 e. The normalized spacial score (nSPS) is 11.1. The Morgan fingerprint density at radius 2 is 1.81 bits per heavy atom. The van der Waals surface area contributed by atoms with Crippen molar-refractivity contribution in [3.8, 4) is 0 Å². The Kier molecular flexibility index (Phi) is 6.40. The van der Waals surface area contributed by atoms with Crippen LogP contribution in [0.1, 0.15) is 31.2 Å². The summed E-state index contributed by atoms with van der Waals surface area (Å²) in [5.41, 5.74) is 2.78. The van der Waals surface area contributed by atoms with Gasteiger partial charge in [0.2, 0.25) is 5.91 Å². The first-order valence-corrected chi connectivity index (χ1v) is 9.87. The first-order chi connectivity index (χ1) is 13.0. The molecule has 0 aliphatic rings. The fourth-order valence-corrected chi connectivity index (χ4v) is 3.76. The zero-order valence-electron chi connectivity index (χ0n) is 15.6. The Balaban J connectivity index is 1.91. The van der Waals surface area contributed by atoms with Crippen LogP contribution in [0, 0.1) is 0 Å². The predicted molar refractivity (Wildman–Crippen MR) is 112 cm³/mol. The van der Waals surface area contributed by atoms with E-state index in [1.54, 1.807) is 4.90 Å². The van der Waals surface area contributed by atoms with Gasteiger partial charge >= 0.3 is 0 Å². The number of aromatic nitrogens is 2. The summed E-state index contributed by atoms with van der Waals surface area (Å²) in [6.45, 7) is 3.41. The quantitative estimate of drug-likeness (QED) is 0.543. The summed E-state index contributed by atoms with van der Waals surface area (Å²) in [5, 5.41) is 1.25. The molecule has 3 aromatic rings. The highest BCUT2D eigenvalue weighted by atomic mass is 35.5. The minimum atomic E-state index is 0.136. The molecule has 0 aliphatic carbocycles. The second-order valence-corrected chi connectivity index (χ2v) is 7.43. The second-order valence-electron chi connectivity index (χ2n) is 6.61. The van der Waals surface area contributed by atoms with Crippen molar-refractivity contribution in [1.29, 1.82) is 0 Å². The molecule has 4 nitrogen and oxygen atoms in total. The van der Waals surface area contributed by atoms with Crippen molar-refractivity contribution < 1.29 is 4.79 Å². The van der Waals surface area contributed by atoms with Crippen LogP contribution < -0.4 is 0 Å². The molecule has 0 saturated heterocycles. The van der Waals surface area contributed by atoms with Crippen molar-refractivity contribution in [2.75, 3.05) is 13.6 Å². The van der Waals surface area contributed by atoms with Gasteiger partial charge in [-0.2, -0.15) is 0 Å². The molecule has 3 rings (SSSR count). The third-order valence-electron chi connectivity index (χ3n) is 4.66. The number of benzene rings is 2. The molecule has 1 heterocycles. The summed E-state index contributed by atoms with van der Waals surface area (Å²) in [7, 11) is 1.85. The summed E-state index contributed by atoms with van der Waals surface area (Å²) >= 11 is 12.7. The van der Waals surface area contributed by atoms with Crippen LogP contribution in [0.2, 0.25) is 10.0 Å². The van der Waals surface area contributed by atoms with Gasteiger partial charge in [-0.25, -0.2) is 4.98 Å². The molecule has 0 N–H and O–H groups in total. The lowest BCUT2D eigenvalue weighted by Crippen LogP contribution is -2.28. The maximum Gasteiger partial charge on any atom is 0.224 e. The van der Waals surface area contributed by atoms with E-state index in [9.17, 15) is 4.79 Å². The highest BCUT2D eigenvalue weighted by molar-refractivity contribution is 6.36. The number of fused-ring (bicyclic) bond motifs is 1. The van der Waals surface area contributed by atoms with E-state index >= 15 is 0 Å². The van der Waals surface area contributed by atoms with E-state index in [1.165, 1.54) is 0 Å². The maximum absolute atomic E-state index is 12.4. The summed E-state index contributed by atoms with van der Waals surface area (Å²) in [6, 6.07) is 13.5. The van der Waals surface area contributed by atoms with E-state index in [2.05, 4.69) is 11.5 Å². The standard InChI is InChI=1S/C21H23Cl2N3O/c1-3-12-25(2)21(27)11-13-26-19-10-5-4-9-18(19)24-20(26)14-15-16(22)7-6-8-17(15)23/h4-10H,3,11-14H2,1-2H3. The van der Waals surface area contributed by atoms with Gasteiger partial charge in [-0.3, -0.25) is 4.79 Å². The van der Waals surface area contributed by atoms with E-state index in [0.717, 1.165) is 35.4 Å². The van der Waals surface area contributed by atoms with Crippen LogP contribution in [0.15, 0.2) is 42.5 Å². The number of para-hydroxylation sites is 2. The van der Waals surface area contributed by atoms with Crippen LogP contribution in [0.3, 0.4) is 0 Å². The number of halogens is 2. The molecule has 0 bridgehead atoms. The molecular formula is C21H23Cl2N3O.